The minimum Gasteiger partial charge on any atom is -0.356 e. The van der Waals surface area contributed by atoms with E-state index in [-0.39, 0.29) is 6.10 Å². The second kappa shape index (κ2) is 8.42. The van der Waals surface area contributed by atoms with Gasteiger partial charge in [-0.1, -0.05) is 44.3 Å². The van der Waals surface area contributed by atoms with Gasteiger partial charge in [0.05, 0.1) is 6.10 Å². The maximum absolute atomic E-state index is 5.48. The van der Waals surface area contributed by atoms with E-state index in [0.29, 0.717) is 6.10 Å². The van der Waals surface area contributed by atoms with E-state index in [1.165, 1.54) is 25.7 Å². The zero-order valence-corrected chi connectivity index (χ0v) is 10.7. The highest BCUT2D eigenvalue weighted by atomic mass is 16.6. The third-order valence-electron chi connectivity index (χ3n) is 2.84. The van der Waals surface area contributed by atoms with Gasteiger partial charge in [0.15, 0.2) is 0 Å². The maximum Gasteiger partial charge on any atom is 0.144 e. The molecule has 1 rings (SSSR count). The van der Waals surface area contributed by atoms with Crippen molar-refractivity contribution in [2.75, 3.05) is 0 Å². The van der Waals surface area contributed by atoms with Gasteiger partial charge in [0.1, 0.15) is 6.10 Å². The van der Waals surface area contributed by atoms with Crippen molar-refractivity contribution in [1.29, 1.82) is 0 Å². The van der Waals surface area contributed by atoms with Gasteiger partial charge < -0.3 is 4.74 Å². The summed E-state index contributed by atoms with van der Waals surface area (Å²) >= 11 is 0. The van der Waals surface area contributed by atoms with E-state index in [4.69, 9.17) is 4.74 Å². The zero-order valence-electron chi connectivity index (χ0n) is 10.7. The molecule has 0 radical (unpaired) electrons. The second-order valence-electron chi connectivity index (χ2n) is 4.37. The molecule has 0 N–H and O–H groups in total. The summed E-state index contributed by atoms with van der Waals surface area (Å²) < 4.78 is 5.48. The number of rotatable bonds is 7. The molecule has 1 nitrogen and oxygen atoms in total. The van der Waals surface area contributed by atoms with Gasteiger partial charge in [-0.15, -0.1) is 5.92 Å². The lowest BCUT2D eigenvalue weighted by Gasteiger charge is -1.91. The van der Waals surface area contributed by atoms with E-state index in [1.54, 1.807) is 0 Å². The van der Waals surface area contributed by atoms with Gasteiger partial charge in [0.2, 0.25) is 0 Å². The van der Waals surface area contributed by atoms with E-state index < -0.39 is 0 Å². The first-order valence-corrected chi connectivity index (χ1v) is 6.63. The van der Waals surface area contributed by atoms with Gasteiger partial charge in [-0.3, -0.25) is 0 Å². The third kappa shape index (κ3) is 5.98. The van der Waals surface area contributed by atoms with E-state index in [0.717, 1.165) is 19.3 Å². The van der Waals surface area contributed by atoms with Gasteiger partial charge in [-0.2, -0.15) is 0 Å². The molecule has 1 aliphatic rings. The molecule has 0 bridgehead atoms. The van der Waals surface area contributed by atoms with Crippen molar-refractivity contribution in [3.8, 4) is 11.8 Å². The van der Waals surface area contributed by atoms with Crippen LogP contribution in [-0.2, 0) is 4.74 Å². The molecule has 16 heavy (non-hydrogen) atoms. The fourth-order valence-corrected chi connectivity index (χ4v) is 1.73. The topological polar surface area (TPSA) is 12.5 Å². The number of hydrogen-bond donors (Lipinski definition) is 0. The summed E-state index contributed by atoms with van der Waals surface area (Å²) in [6.45, 7) is 4.29. The molecular weight excluding hydrogens is 196 g/mol. The van der Waals surface area contributed by atoms with E-state index in [2.05, 4.69) is 37.8 Å². The molecule has 0 saturated carbocycles. The van der Waals surface area contributed by atoms with Crippen LogP contribution in [0.2, 0.25) is 0 Å². The molecule has 0 aromatic heterocycles. The number of hydrogen-bond acceptors (Lipinski definition) is 1. The fourth-order valence-electron chi connectivity index (χ4n) is 1.73. The SMILES string of the molecule is C/C=C/CC[C@H]1O[C@H]1C#CCCCCCC. The standard InChI is InChI=1S/C15H24O/c1-3-5-7-8-9-11-13-15-14(16-15)12-10-6-4-2/h4,6,14-15H,3,5,7-10,12H2,1-2H3/b6-4+/t14-,15+/m1/s1. The smallest absolute Gasteiger partial charge is 0.144 e. The first-order valence-electron chi connectivity index (χ1n) is 6.63. The first kappa shape index (κ1) is 13.3. The molecule has 0 spiro atoms. The van der Waals surface area contributed by atoms with Crippen LogP contribution in [0.3, 0.4) is 0 Å². The Labute approximate surface area is 100 Å². The average molecular weight is 220 g/mol. The highest BCUT2D eigenvalue weighted by Gasteiger charge is 2.36. The lowest BCUT2D eigenvalue weighted by molar-refractivity contribution is 0.383. The molecule has 0 unspecified atom stereocenters. The van der Waals surface area contributed by atoms with Crippen molar-refractivity contribution >= 4 is 0 Å². The number of epoxide rings is 1. The van der Waals surface area contributed by atoms with Gasteiger partial charge in [-0.25, -0.2) is 0 Å². The summed E-state index contributed by atoms with van der Waals surface area (Å²) in [5, 5.41) is 0. The van der Waals surface area contributed by atoms with Crippen LogP contribution in [0, 0.1) is 11.8 Å². The first-order chi connectivity index (χ1) is 7.88. The number of unbranched alkanes of at least 4 members (excludes halogenated alkanes) is 4. The van der Waals surface area contributed by atoms with E-state index in [9.17, 15) is 0 Å². The van der Waals surface area contributed by atoms with Crippen molar-refractivity contribution in [3.05, 3.63) is 12.2 Å². The highest BCUT2D eigenvalue weighted by Crippen LogP contribution is 2.25. The minimum atomic E-state index is 0.247. The molecule has 1 heteroatoms. The lowest BCUT2D eigenvalue weighted by atomic mass is 10.1. The van der Waals surface area contributed by atoms with Crippen LogP contribution in [0.1, 0.15) is 58.8 Å². The van der Waals surface area contributed by atoms with Crippen LogP contribution in [0.5, 0.6) is 0 Å². The second-order valence-corrected chi connectivity index (χ2v) is 4.37. The minimum absolute atomic E-state index is 0.247. The summed E-state index contributed by atoms with van der Waals surface area (Å²) in [6.07, 6.45) is 13.4. The molecule has 1 aliphatic heterocycles. The number of ether oxygens (including phenoxy) is 1. The molecule has 0 amide bonds. The molecule has 0 aliphatic carbocycles. The summed E-state index contributed by atoms with van der Waals surface area (Å²) in [7, 11) is 0. The lowest BCUT2D eigenvalue weighted by Crippen LogP contribution is -1.89. The van der Waals surface area contributed by atoms with Gasteiger partial charge in [-0.05, 0) is 26.2 Å². The molecule has 1 saturated heterocycles. The van der Waals surface area contributed by atoms with Gasteiger partial charge in [0, 0.05) is 6.42 Å². The summed E-state index contributed by atoms with van der Waals surface area (Å²) in [5.74, 6) is 6.45. The quantitative estimate of drug-likeness (QED) is 0.272. The zero-order chi connectivity index (χ0) is 11.6. The summed E-state index contributed by atoms with van der Waals surface area (Å²) in [6, 6.07) is 0. The monoisotopic (exact) mass is 220 g/mol. The van der Waals surface area contributed by atoms with E-state index >= 15 is 0 Å². The Morgan fingerprint density at radius 1 is 1.25 bits per heavy atom. The Balaban J connectivity index is 1.96. The molecule has 1 fully saturated rings. The van der Waals surface area contributed by atoms with Gasteiger partial charge in [0.25, 0.3) is 0 Å². The maximum atomic E-state index is 5.48. The average Bonchev–Trinajstić information content (AvgIpc) is 3.03. The van der Waals surface area contributed by atoms with Crippen molar-refractivity contribution in [2.24, 2.45) is 0 Å². The van der Waals surface area contributed by atoms with Crippen LogP contribution >= 0.6 is 0 Å². The van der Waals surface area contributed by atoms with Crippen LogP contribution in [0.25, 0.3) is 0 Å². The Hall–Kier alpha value is -0.740. The molecule has 2 atom stereocenters. The third-order valence-corrected chi connectivity index (χ3v) is 2.84. The molecular formula is C15H24O. The molecule has 1 heterocycles. The Bertz CT molecular complexity index is 256. The summed E-state index contributed by atoms with van der Waals surface area (Å²) in [4.78, 5) is 0. The van der Waals surface area contributed by atoms with Crippen molar-refractivity contribution < 1.29 is 4.74 Å². The van der Waals surface area contributed by atoms with Crippen molar-refractivity contribution in [3.63, 3.8) is 0 Å². The van der Waals surface area contributed by atoms with Crippen LogP contribution in [0.15, 0.2) is 12.2 Å². The predicted octanol–water partition coefficient (Wildman–Crippen LogP) is 4.08. The van der Waals surface area contributed by atoms with Crippen LogP contribution in [-0.4, -0.2) is 12.2 Å². The normalized spacial score (nSPS) is 23.1. The molecule has 0 aromatic carbocycles. The molecule has 90 valence electrons. The Morgan fingerprint density at radius 2 is 2.12 bits per heavy atom. The Kier molecular flexibility index (Phi) is 7.01. The van der Waals surface area contributed by atoms with Gasteiger partial charge >= 0.3 is 0 Å². The van der Waals surface area contributed by atoms with Crippen molar-refractivity contribution in [2.45, 2.75) is 71.0 Å². The van der Waals surface area contributed by atoms with E-state index in [1.807, 2.05) is 0 Å². The van der Waals surface area contributed by atoms with Crippen LogP contribution < -0.4 is 0 Å². The van der Waals surface area contributed by atoms with Crippen molar-refractivity contribution in [1.82, 2.24) is 0 Å². The van der Waals surface area contributed by atoms with Crippen LogP contribution in [0.4, 0.5) is 0 Å². The molecule has 0 aromatic rings. The summed E-state index contributed by atoms with van der Waals surface area (Å²) in [5.41, 5.74) is 0. The Morgan fingerprint density at radius 3 is 2.88 bits per heavy atom. The largest absolute Gasteiger partial charge is 0.356 e. The number of allylic oxidation sites excluding steroid dienone is 2. The predicted molar refractivity (Wildman–Crippen MR) is 69.2 cm³/mol. The highest BCUT2D eigenvalue weighted by molar-refractivity contribution is 5.14. The fraction of sp³-hybridized carbons (Fsp3) is 0.733.